The monoisotopic (exact) mass is 343 g/mol. The van der Waals surface area contributed by atoms with Gasteiger partial charge in [0.15, 0.2) is 0 Å². The molecule has 1 fully saturated rings. The van der Waals surface area contributed by atoms with E-state index in [4.69, 9.17) is 0 Å². The number of benzene rings is 1. The van der Waals surface area contributed by atoms with Crippen molar-refractivity contribution in [1.29, 1.82) is 0 Å². The molecule has 0 saturated heterocycles. The molecule has 0 aromatic heterocycles. The van der Waals surface area contributed by atoms with Crippen molar-refractivity contribution in [3.63, 3.8) is 0 Å². The SMILES string of the molecule is CCCN([C@H]1CCCC[C@H]1O)S(=O)(=O)c1ccc(SC)cc1. The Balaban J connectivity index is 2.31. The van der Waals surface area contributed by atoms with Crippen molar-refractivity contribution in [2.75, 3.05) is 12.8 Å². The summed E-state index contributed by atoms with van der Waals surface area (Å²) >= 11 is 1.59. The molecule has 22 heavy (non-hydrogen) atoms. The molecule has 0 heterocycles. The lowest BCUT2D eigenvalue weighted by Gasteiger charge is -2.36. The van der Waals surface area contributed by atoms with Gasteiger partial charge in [-0.25, -0.2) is 8.42 Å². The lowest BCUT2D eigenvalue weighted by Crippen LogP contribution is -2.48. The second-order valence-corrected chi connectivity index (χ2v) is 8.48. The van der Waals surface area contributed by atoms with E-state index in [2.05, 4.69) is 0 Å². The summed E-state index contributed by atoms with van der Waals surface area (Å²) in [6, 6.07) is 6.70. The van der Waals surface area contributed by atoms with Crippen LogP contribution in [0.2, 0.25) is 0 Å². The highest BCUT2D eigenvalue weighted by molar-refractivity contribution is 7.98. The minimum Gasteiger partial charge on any atom is -0.391 e. The fraction of sp³-hybridized carbons (Fsp3) is 0.625. The number of nitrogens with zero attached hydrogens (tertiary/aromatic N) is 1. The van der Waals surface area contributed by atoms with E-state index in [1.807, 2.05) is 25.3 Å². The van der Waals surface area contributed by atoms with Crippen LogP contribution in [0.5, 0.6) is 0 Å². The Morgan fingerprint density at radius 1 is 1.23 bits per heavy atom. The van der Waals surface area contributed by atoms with E-state index in [1.54, 1.807) is 23.9 Å². The Bertz CT molecular complexity index is 572. The molecule has 2 rings (SSSR count). The van der Waals surface area contributed by atoms with Crippen LogP contribution < -0.4 is 0 Å². The van der Waals surface area contributed by atoms with Crippen LogP contribution in [0.25, 0.3) is 0 Å². The third-order valence-corrected chi connectivity index (χ3v) is 6.86. The Hall–Kier alpha value is -0.560. The van der Waals surface area contributed by atoms with Crippen LogP contribution in [0.15, 0.2) is 34.1 Å². The van der Waals surface area contributed by atoms with Crippen LogP contribution in [0.4, 0.5) is 0 Å². The van der Waals surface area contributed by atoms with E-state index in [9.17, 15) is 13.5 Å². The van der Waals surface area contributed by atoms with Crippen LogP contribution in [0.3, 0.4) is 0 Å². The second-order valence-electron chi connectivity index (χ2n) is 5.71. The van der Waals surface area contributed by atoms with E-state index in [0.29, 0.717) is 17.9 Å². The molecule has 0 amide bonds. The molecule has 0 radical (unpaired) electrons. The molecule has 1 aromatic carbocycles. The van der Waals surface area contributed by atoms with Crippen molar-refractivity contribution in [3.8, 4) is 0 Å². The van der Waals surface area contributed by atoms with Crippen molar-refractivity contribution in [2.45, 2.75) is 61.0 Å². The predicted octanol–water partition coefficient (Wildman–Crippen LogP) is 3.11. The average Bonchev–Trinajstić information content (AvgIpc) is 2.53. The van der Waals surface area contributed by atoms with Crippen LogP contribution in [-0.4, -0.2) is 42.8 Å². The second kappa shape index (κ2) is 7.81. The molecule has 1 aliphatic rings. The molecule has 0 spiro atoms. The van der Waals surface area contributed by atoms with Crippen molar-refractivity contribution in [1.82, 2.24) is 4.31 Å². The lowest BCUT2D eigenvalue weighted by atomic mass is 9.92. The highest BCUT2D eigenvalue weighted by Gasteiger charge is 2.36. The zero-order valence-corrected chi connectivity index (χ0v) is 14.9. The van der Waals surface area contributed by atoms with Gasteiger partial charge in [0.05, 0.1) is 17.0 Å². The van der Waals surface area contributed by atoms with E-state index < -0.39 is 16.1 Å². The first-order chi connectivity index (χ1) is 10.5. The zero-order valence-electron chi connectivity index (χ0n) is 13.2. The smallest absolute Gasteiger partial charge is 0.243 e. The van der Waals surface area contributed by atoms with Gasteiger partial charge in [-0.15, -0.1) is 11.8 Å². The van der Waals surface area contributed by atoms with Gasteiger partial charge < -0.3 is 5.11 Å². The first-order valence-corrected chi connectivity index (χ1v) is 10.5. The van der Waals surface area contributed by atoms with Crippen LogP contribution >= 0.6 is 11.8 Å². The molecule has 4 nitrogen and oxygen atoms in total. The number of thioether (sulfide) groups is 1. The topological polar surface area (TPSA) is 57.6 Å². The summed E-state index contributed by atoms with van der Waals surface area (Å²) in [4.78, 5) is 1.36. The highest BCUT2D eigenvalue weighted by Crippen LogP contribution is 2.29. The van der Waals surface area contributed by atoms with E-state index >= 15 is 0 Å². The predicted molar refractivity (Wildman–Crippen MR) is 90.7 cm³/mol. The Labute approximate surface area is 138 Å². The molecular formula is C16H25NO3S2. The molecule has 1 saturated carbocycles. The molecule has 0 unspecified atom stereocenters. The molecule has 0 aliphatic heterocycles. The lowest BCUT2D eigenvalue weighted by molar-refractivity contribution is 0.0557. The van der Waals surface area contributed by atoms with Gasteiger partial charge in [0.2, 0.25) is 10.0 Å². The molecule has 124 valence electrons. The minimum absolute atomic E-state index is 0.293. The van der Waals surface area contributed by atoms with Gasteiger partial charge in [-0.2, -0.15) is 4.31 Å². The van der Waals surface area contributed by atoms with Gasteiger partial charge in [-0.3, -0.25) is 0 Å². The van der Waals surface area contributed by atoms with E-state index in [1.165, 1.54) is 4.31 Å². The third-order valence-electron chi connectivity index (χ3n) is 4.17. The molecule has 0 bridgehead atoms. The Morgan fingerprint density at radius 2 is 1.86 bits per heavy atom. The number of sulfonamides is 1. The number of hydrogen-bond donors (Lipinski definition) is 1. The van der Waals surface area contributed by atoms with Gasteiger partial charge in [0.25, 0.3) is 0 Å². The summed E-state index contributed by atoms with van der Waals surface area (Å²) in [7, 11) is -3.56. The van der Waals surface area contributed by atoms with Crippen LogP contribution in [0.1, 0.15) is 39.0 Å². The van der Waals surface area contributed by atoms with Gasteiger partial charge in [-0.05, 0) is 49.8 Å². The number of hydrogen-bond acceptors (Lipinski definition) is 4. The molecule has 2 atom stereocenters. The van der Waals surface area contributed by atoms with Crippen LogP contribution in [0, 0.1) is 0 Å². The maximum absolute atomic E-state index is 13.0. The van der Waals surface area contributed by atoms with Gasteiger partial charge in [0.1, 0.15) is 0 Å². The summed E-state index contributed by atoms with van der Waals surface area (Å²) in [6.45, 7) is 2.42. The first kappa shape index (κ1) is 17.8. The number of aliphatic hydroxyl groups excluding tert-OH is 1. The van der Waals surface area contributed by atoms with Crippen molar-refractivity contribution < 1.29 is 13.5 Å². The maximum atomic E-state index is 13.0. The van der Waals surface area contributed by atoms with E-state index in [0.717, 1.165) is 30.6 Å². The Morgan fingerprint density at radius 3 is 2.41 bits per heavy atom. The summed E-state index contributed by atoms with van der Waals surface area (Å²) in [5.74, 6) is 0. The highest BCUT2D eigenvalue weighted by atomic mass is 32.2. The van der Waals surface area contributed by atoms with Crippen molar-refractivity contribution in [2.24, 2.45) is 0 Å². The van der Waals surface area contributed by atoms with Gasteiger partial charge in [0, 0.05) is 11.4 Å². The van der Waals surface area contributed by atoms with Crippen molar-refractivity contribution in [3.05, 3.63) is 24.3 Å². The van der Waals surface area contributed by atoms with E-state index in [-0.39, 0.29) is 6.04 Å². The van der Waals surface area contributed by atoms with Gasteiger partial charge in [-0.1, -0.05) is 19.8 Å². The summed E-state index contributed by atoms with van der Waals surface area (Å²) in [5, 5.41) is 10.2. The molecular weight excluding hydrogens is 318 g/mol. The average molecular weight is 344 g/mol. The number of aliphatic hydroxyl groups is 1. The van der Waals surface area contributed by atoms with Crippen LogP contribution in [-0.2, 0) is 10.0 Å². The Kier molecular flexibility index (Phi) is 6.32. The quantitative estimate of drug-likeness (QED) is 0.806. The summed E-state index contributed by atoms with van der Waals surface area (Å²) in [6.07, 6.45) is 5.52. The molecule has 6 heteroatoms. The van der Waals surface area contributed by atoms with Gasteiger partial charge >= 0.3 is 0 Å². The van der Waals surface area contributed by atoms with Crippen molar-refractivity contribution >= 4 is 21.8 Å². The molecule has 1 N–H and O–H groups in total. The summed E-state index contributed by atoms with van der Waals surface area (Å²) < 4.78 is 27.5. The largest absolute Gasteiger partial charge is 0.391 e. The molecule has 1 aliphatic carbocycles. The fourth-order valence-electron chi connectivity index (χ4n) is 3.00. The zero-order chi connectivity index (χ0) is 16.2. The normalized spacial score (nSPS) is 22.9. The summed E-state index contributed by atoms with van der Waals surface area (Å²) in [5.41, 5.74) is 0. The first-order valence-electron chi connectivity index (χ1n) is 7.84. The third kappa shape index (κ3) is 3.85. The number of rotatable bonds is 6. The minimum atomic E-state index is -3.56. The standard InChI is InChI=1S/C16H25NO3S2/c1-3-12-17(15-6-4-5-7-16(15)18)22(19,20)14-10-8-13(21-2)9-11-14/h8-11,15-16,18H,3-7,12H2,1-2H3/t15-,16+/m0/s1. The fourth-order valence-corrected chi connectivity index (χ4v) is 5.18. The maximum Gasteiger partial charge on any atom is 0.243 e. The molecule has 1 aromatic rings.